The van der Waals surface area contributed by atoms with E-state index in [-0.39, 0.29) is 17.8 Å². The van der Waals surface area contributed by atoms with E-state index in [1.165, 1.54) is 13.0 Å². The zero-order valence-electron chi connectivity index (χ0n) is 12.6. The van der Waals surface area contributed by atoms with Crippen LogP contribution in [0, 0.1) is 11.6 Å². The smallest absolute Gasteiger partial charge is 0.405 e. The highest BCUT2D eigenvalue weighted by Crippen LogP contribution is 2.23. The van der Waals surface area contributed by atoms with Crippen molar-refractivity contribution < 1.29 is 28.2 Å². The SMILES string of the molecule is C[C@H](NC(=O)O)C(=O)N1CCC(Oc2ccc(F)cc2F)CC1. The number of benzene rings is 1. The molecule has 0 radical (unpaired) electrons. The van der Waals surface area contributed by atoms with Gasteiger partial charge in [-0.1, -0.05) is 0 Å². The van der Waals surface area contributed by atoms with Gasteiger partial charge in [-0.2, -0.15) is 0 Å². The minimum Gasteiger partial charge on any atom is -0.487 e. The highest BCUT2D eigenvalue weighted by Gasteiger charge is 2.28. The molecular formula is C15H18F2N2O4. The van der Waals surface area contributed by atoms with Crippen LogP contribution >= 0.6 is 0 Å². The predicted octanol–water partition coefficient (Wildman–Crippen LogP) is 1.99. The summed E-state index contributed by atoms with van der Waals surface area (Å²) in [5.74, 6) is -1.76. The third-order valence-electron chi connectivity index (χ3n) is 3.65. The van der Waals surface area contributed by atoms with Crippen LogP contribution in [0.4, 0.5) is 13.6 Å². The Morgan fingerprint density at radius 3 is 2.57 bits per heavy atom. The van der Waals surface area contributed by atoms with Crippen LogP contribution in [0.5, 0.6) is 5.75 Å². The topological polar surface area (TPSA) is 78.9 Å². The second kappa shape index (κ2) is 7.26. The van der Waals surface area contributed by atoms with E-state index >= 15 is 0 Å². The normalized spacial score (nSPS) is 16.7. The molecule has 23 heavy (non-hydrogen) atoms. The number of carbonyl (C=O) groups is 2. The van der Waals surface area contributed by atoms with E-state index in [2.05, 4.69) is 5.32 Å². The molecule has 1 fully saturated rings. The van der Waals surface area contributed by atoms with Crippen LogP contribution in [0.15, 0.2) is 18.2 Å². The molecule has 2 rings (SSSR count). The first-order valence-electron chi connectivity index (χ1n) is 7.26. The van der Waals surface area contributed by atoms with Gasteiger partial charge in [-0.05, 0) is 19.1 Å². The largest absolute Gasteiger partial charge is 0.487 e. The highest BCUT2D eigenvalue weighted by molar-refractivity contribution is 5.84. The summed E-state index contributed by atoms with van der Waals surface area (Å²) in [7, 11) is 0. The first-order valence-corrected chi connectivity index (χ1v) is 7.26. The highest BCUT2D eigenvalue weighted by atomic mass is 19.1. The molecule has 0 spiro atoms. The van der Waals surface area contributed by atoms with Gasteiger partial charge >= 0.3 is 6.09 Å². The van der Waals surface area contributed by atoms with Crippen molar-refractivity contribution in [3.8, 4) is 5.75 Å². The fraction of sp³-hybridized carbons (Fsp3) is 0.467. The molecule has 1 aliphatic heterocycles. The van der Waals surface area contributed by atoms with Gasteiger partial charge in [0.05, 0.1) is 0 Å². The number of piperidine rings is 1. The second-order valence-corrected chi connectivity index (χ2v) is 5.39. The Kier molecular flexibility index (Phi) is 5.36. The minimum atomic E-state index is -1.25. The Morgan fingerprint density at radius 1 is 1.35 bits per heavy atom. The number of ether oxygens (including phenoxy) is 1. The molecule has 1 aromatic carbocycles. The number of hydrogen-bond donors (Lipinski definition) is 2. The molecule has 1 aromatic rings. The van der Waals surface area contributed by atoms with E-state index in [0.29, 0.717) is 25.9 Å². The van der Waals surface area contributed by atoms with Crippen LogP contribution in [-0.4, -0.2) is 47.2 Å². The first kappa shape index (κ1) is 17.0. The Balaban J connectivity index is 1.86. The van der Waals surface area contributed by atoms with Crippen molar-refractivity contribution in [3.05, 3.63) is 29.8 Å². The van der Waals surface area contributed by atoms with Crippen LogP contribution in [0.25, 0.3) is 0 Å². The molecule has 0 unspecified atom stereocenters. The number of amides is 2. The summed E-state index contributed by atoms with van der Waals surface area (Å²) in [6.45, 7) is 2.25. The zero-order chi connectivity index (χ0) is 17.0. The quantitative estimate of drug-likeness (QED) is 0.886. The number of nitrogens with one attached hydrogen (secondary N) is 1. The maximum Gasteiger partial charge on any atom is 0.405 e. The van der Waals surface area contributed by atoms with Gasteiger partial charge < -0.3 is 20.1 Å². The summed E-state index contributed by atoms with van der Waals surface area (Å²) in [5.41, 5.74) is 0. The van der Waals surface area contributed by atoms with Gasteiger partial charge in [0.1, 0.15) is 18.0 Å². The summed E-state index contributed by atoms with van der Waals surface area (Å²) < 4.78 is 31.9. The molecule has 0 aliphatic carbocycles. The van der Waals surface area contributed by atoms with E-state index < -0.39 is 23.8 Å². The third kappa shape index (κ3) is 4.54. The maximum atomic E-state index is 13.5. The lowest BCUT2D eigenvalue weighted by atomic mass is 10.1. The van der Waals surface area contributed by atoms with Crippen LogP contribution < -0.4 is 10.1 Å². The molecule has 6 nitrogen and oxygen atoms in total. The summed E-state index contributed by atoms with van der Waals surface area (Å²) >= 11 is 0. The molecule has 1 aliphatic rings. The fourth-order valence-corrected chi connectivity index (χ4v) is 2.47. The van der Waals surface area contributed by atoms with Gasteiger partial charge in [0.15, 0.2) is 11.6 Å². The minimum absolute atomic E-state index is 0.0166. The van der Waals surface area contributed by atoms with Gasteiger partial charge in [0.25, 0.3) is 0 Å². The maximum absolute atomic E-state index is 13.5. The average Bonchev–Trinajstić information content (AvgIpc) is 2.49. The molecule has 0 bridgehead atoms. The Hall–Kier alpha value is -2.38. The van der Waals surface area contributed by atoms with Crippen molar-refractivity contribution in [2.24, 2.45) is 0 Å². The van der Waals surface area contributed by atoms with Crippen molar-refractivity contribution in [1.29, 1.82) is 0 Å². The lowest BCUT2D eigenvalue weighted by Gasteiger charge is -2.33. The lowest BCUT2D eigenvalue weighted by molar-refractivity contribution is -0.134. The average molecular weight is 328 g/mol. The van der Waals surface area contributed by atoms with Crippen molar-refractivity contribution in [2.75, 3.05) is 13.1 Å². The zero-order valence-corrected chi connectivity index (χ0v) is 12.6. The summed E-state index contributed by atoms with van der Waals surface area (Å²) in [4.78, 5) is 24.1. The monoisotopic (exact) mass is 328 g/mol. The Morgan fingerprint density at radius 2 is 2.00 bits per heavy atom. The number of carboxylic acid groups (broad SMARTS) is 1. The number of carbonyl (C=O) groups excluding carboxylic acids is 1. The number of rotatable bonds is 4. The number of halogens is 2. The second-order valence-electron chi connectivity index (χ2n) is 5.39. The van der Waals surface area contributed by atoms with E-state index in [4.69, 9.17) is 9.84 Å². The van der Waals surface area contributed by atoms with Crippen molar-refractivity contribution in [3.63, 3.8) is 0 Å². The molecule has 8 heteroatoms. The molecule has 2 amide bonds. The van der Waals surface area contributed by atoms with Crippen molar-refractivity contribution in [2.45, 2.75) is 31.9 Å². The van der Waals surface area contributed by atoms with Gasteiger partial charge in [0.2, 0.25) is 5.91 Å². The number of likely N-dealkylation sites (tertiary alicyclic amines) is 1. The molecule has 0 aromatic heterocycles. The molecule has 1 saturated heterocycles. The third-order valence-corrected chi connectivity index (χ3v) is 3.65. The molecular weight excluding hydrogens is 310 g/mol. The number of nitrogens with zero attached hydrogens (tertiary/aromatic N) is 1. The van der Waals surface area contributed by atoms with Gasteiger partial charge in [-0.15, -0.1) is 0 Å². The van der Waals surface area contributed by atoms with Crippen molar-refractivity contribution in [1.82, 2.24) is 10.2 Å². The van der Waals surface area contributed by atoms with Gasteiger partial charge in [0, 0.05) is 32.0 Å². The summed E-state index contributed by atoms with van der Waals surface area (Å²) in [5, 5.41) is 10.7. The summed E-state index contributed by atoms with van der Waals surface area (Å²) in [6, 6.07) is 2.30. The Bertz CT molecular complexity index is 589. The van der Waals surface area contributed by atoms with Crippen LogP contribution in [-0.2, 0) is 4.79 Å². The predicted molar refractivity (Wildman–Crippen MR) is 77.2 cm³/mol. The summed E-state index contributed by atoms with van der Waals surface area (Å²) in [6.07, 6.45) is -0.553. The van der Waals surface area contributed by atoms with E-state index in [1.807, 2.05) is 0 Å². The molecule has 0 saturated carbocycles. The van der Waals surface area contributed by atoms with Crippen LogP contribution in [0.1, 0.15) is 19.8 Å². The van der Waals surface area contributed by atoms with Crippen LogP contribution in [0.3, 0.4) is 0 Å². The standard InChI is InChI=1S/C15H18F2N2O4/c1-9(18-15(21)22)14(20)19-6-4-11(5-7-19)23-13-3-2-10(16)8-12(13)17/h2-3,8-9,11,18H,4-7H2,1H3,(H,21,22)/t9-/m0/s1. The molecule has 126 valence electrons. The molecule has 1 atom stereocenters. The lowest BCUT2D eigenvalue weighted by Crippen LogP contribution is -2.50. The van der Waals surface area contributed by atoms with Crippen molar-refractivity contribution >= 4 is 12.0 Å². The van der Waals surface area contributed by atoms with Crippen LogP contribution in [0.2, 0.25) is 0 Å². The molecule has 2 N–H and O–H groups in total. The van der Waals surface area contributed by atoms with E-state index in [9.17, 15) is 18.4 Å². The van der Waals surface area contributed by atoms with E-state index in [1.54, 1.807) is 4.90 Å². The van der Waals surface area contributed by atoms with Gasteiger partial charge in [-0.25, -0.2) is 13.6 Å². The molecule has 1 heterocycles. The van der Waals surface area contributed by atoms with Gasteiger partial charge in [-0.3, -0.25) is 4.79 Å². The Labute approximate surface area is 132 Å². The fourth-order valence-electron chi connectivity index (χ4n) is 2.47. The number of hydrogen-bond acceptors (Lipinski definition) is 3. The van der Waals surface area contributed by atoms with E-state index in [0.717, 1.165) is 12.1 Å². The first-order chi connectivity index (χ1) is 10.9.